The van der Waals surface area contributed by atoms with Crippen molar-refractivity contribution in [3.63, 3.8) is 0 Å². The van der Waals surface area contributed by atoms with Gasteiger partial charge in [0.2, 0.25) is 6.79 Å². The average molecular weight is 354 g/mol. The second kappa shape index (κ2) is 5.46. The van der Waals surface area contributed by atoms with Crippen LogP contribution in [0.4, 0.5) is 0 Å². The van der Waals surface area contributed by atoms with Gasteiger partial charge in [-0.15, -0.1) is 11.3 Å². The molecular weight excluding hydrogens is 342 g/mol. The van der Waals surface area contributed by atoms with Gasteiger partial charge in [-0.05, 0) is 45.8 Å². The van der Waals surface area contributed by atoms with Crippen molar-refractivity contribution in [3.05, 3.63) is 44.6 Å². The van der Waals surface area contributed by atoms with Gasteiger partial charge in [0.05, 0.1) is 8.66 Å². The van der Waals surface area contributed by atoms with Gasteiger partial charge >= 0.3 is 0 Å². The van der Waals surface area contributed by atoms with Crippen molar-refractivity contribution in [1.82, 2.24) is 4.90 Å². The predicted octanol–water partition coefficient (Wildman–Crippen LogP) is 3.51. The van der Waals surface area contributed by atoms with Crippen LogP contribution >= 0.6 is 27.3 Å². The van der Waals surface area contributed by atoms with Crippen LogP contribution in [0.3, 0.4) is 0 Å². The van der Waals surface area contributed by atoms with E-state index in [0.29, 0.717) is 6.54 Å². The summed E-state index contributed by atoms with van der Waals surface area (Å²) in [6.45, 7) is 0.793. The molecule has 0 unspecified atom stereocenters. The molecule has 104 valence electrons. The van der Waals surface area contributed by atoms with Crippen molar-refractivity contribution in [2.24, 2.45) is 0 Å². The zero-order chi connectivity index (χ0) is 14.1. The lowest BCUT2D eigenvalue weighted by Crippen LogP contribution is -2.25. The van der Waals surface area contributed by atoms with Crippen molar-refractivity contribution in [2.75, 3.05) is 13.8 Å². The third-order valence-electron chi connectivity index (χ3n) is 2.99. The zero-order valence-corrected chi connectivity index (χ0v) is 13.2. The monoisotopic (exact) mass is 353 g/mol. The van der Waals surface area contributed by atoms with Crippen molar-refractivity contribution < 1.29 is 14.3 Å². The van der Waals surface area contributed by atoms with Gasteiger partial charge < -0.3 is 14.4 Å². The number of ether oxygens (including phenoxy) is 2. The first kappa shape index (κ1) is 13.5. The molecule has 0 bridgehead atoms. The smallest absolute Gasteiger partial charge is 0.264 e. The molecule has 0 radical (unpaired) electrons. The van der Waals surface area contributed by atoms with E-state index in [4.69, 9.17) is 9.47 Å². The summed E-state index contributed by atoms with van der Waals surface area (Å²) in [5.74, 6) is 1.51. The summed E-state index contributed by atoms with van der Waals surface area (Å²) in [6.07, 6.45) is 0. The molecule has 6 heteroatoms. The number of benzene rings is 1. The van der Waals surface area contributed by atoms with Crippen molar-refractivity contribution >= 4 is 33.2 Å². The van der Waals surface area contributed by atoms with E-state index in [9.17, 15) is 4.79 Å². The molecule has 3 rings (SSSR count). The molecule has 1 aliphatic rings. The van der Waals surface area contributed by atoms with E-state index in [0.717, 1.165) is 25.7 Å². The van der Waals surface area contributed by atoms with E-state index in [1.807, 2.05) is 30.3 Å². The molecule has 0 spiro atoms. The molecule has 2 aromatic rings. The highest BCUT2D eigenvalue weighted by molar-refractivity contribution is 9.11. The Bertz CT molecular complexity index is 656. The molecule has 0 atom stereocenters. The molecular formula is C14H12BrNO3S. The largest absolute Gasteiger partial charge is 0.454 e. The maximum atomic E-state index is 12.3. The van der Waals surface area contributed by atoms with Crippen LogP contribution in [0.25, 0.3) is 0 Å². The second-order valence-electron chi connectivity index (χ2n) is 4.45. The molecule has 0 saturated carbocycles. The average Bonchev–Trinajstić information content (AvgIpc) is 3.05. The summed E-state index contributed by atoms with van der Waals surface area (Å²) in [5.41, 5.74) is 1.01. The predicted molar refractivity (Wildman–Crippen MR) is 80.4 cm³/mol. The fraction of sp³-hybridized carbons (Fsp3) is 0.214. The summed E-state index contributed by atoms with van der Waals surface area (Å²) in [4.78, 5) is 14.7. The van der Waals surface area contributed by atoms with Crippen LogP contribution in [0, 0.1) is 0 Å². The third-order valence-corrected chi connectivity index (χ3v) is 4.60. The fourth-order valence-corrected chi connectivity index (χ4v) is 3.38. The highest BCUT2D eigenvalue weighted by Gasteiger charge is 2.17. The van der Waals surface area contributed by atoms with Gasteiger partial charge in [0.1, 0.15) is 0 Å². The normalized spacial score (nSPS) is 12.5. The van der Waals surface area contributed by atoms with E-state index in [1.54, 1.807) is 11.9 Å². The quantitative estimate of drug-likeness (QED) is 0.847. The molecule has 0 saturated heterocycles. The highest BCUT2D eigenvalue weighted by atomic mass is 79.9. The van der Waals surface area contributed by atoms with Crippen LogP contribution in [-0.4, -0.2) is 24.6 Å². The minimum Gasteiger partial charge on any atom is -0.454 e. The molecule has 0 fully saturated rings. The minimum atomic E-state index is 0.0124. The van der Waals surface area contributed by atoms with Gasteiger partial charge in [-0.1, -0.05) is 6.07 Å². The van der Waals surface area contributed by atoms with E-state index in [-0.39, 0.29) is 12.7 Å². The Morgan fingerprint density at radius 2 is 2.10 bits per heavy atom. The molecule has 2 heterocycles. The van der Waals surface area contributed by atoms with Gasteiger partial charge in [-0.2, -0.15) is 0 Å². The topological polar surface area (TPSA) is 38.8 Å². The number of carbonyl (C=O) groups excluding carboxylic acids is 1. The van der Waals surface area contributed by atoms with Gasteiger partial charge in [-0.25, -0.2) is 0 Å². The summed E-state index contributed by atoms with van der Waals surface area (Å²) in [7, 11) is 1.79. The first-order valence-electron chi connectivity index (χ1n) is 6.03. The number of amides is 1. The van der Waals surface area contributed by atoms with E-state index in [1.165, 1.54) is 11.3 Å². The number of nitrogens with zero attached hydrogens (tertiary/aromatic N) is 1. The van der Waals surface area contributed by atoms with E-state index >= 15 is 0 Å². The van der Waals surface area contributed by atoms with Gasteiger partial charge in [0.15, 0.2) is 11.5 Å². The van der Waals surface area contributed by atoms with Crippen LogP contribution < -0.4 is 9.47 Å². The zero-order valence-electron chi connectivity index (χ0n) is 10.8. The first-order chi connectivity index (χ1) is 9.63. The van der Waals surface area contributed by atoms with E-state index in [2.05, 4.69) is 15.9 Å². The van der Waals surface area contributed by atoms with Gasteiger partial charge in [0, 0.05) is 13.6 Å². The Balaban J connectivity index is 1.72. The van der Waals surface area contributed by atoms with Crippen LogP contribution in [0.1, 0.15) is 15.2 Å². The van der Waals surface area contributed by atoms with Crippen LogP contribution in [-0.2, 0) is 6.54 Å². The van der Waals surface area contributed by atoms with Gasteiger partial charge in [-0.3, -0.25) is 4.79 Å². The second-order valence-corrected chi connectivity index (χ2v) is 6.92. The van der Waals surface area contributed by atoms with Crippen molar-refractivity contribution in [2.45, 2.75) is 6.54 Å². The number of thiophene rings is 1. The number of halogens is 1. The molecule has 0 aliphatic carbocycles. The van der Waals surface area contributed by atoms with Crippen molar-refractivity contribution in [3.8, 4) is 11.5 Å². The maximum Gasteiger partial charge on any atom is 0.264 e. The molecule has 0 N–H and O–H groups in total. The Morgan fingerprint density at radius 3 is 2.85 bits per heavy atom. The Hall–Kier alpha value is -1.53. The first-order valence-corrected chi connectivity index (χ1v) is 7.64. The lowest BCUT2D eigenvalue weighted by atomic mass is 10.2. The Kier molecular flexibility index (Phi) is 3.67. The van der Waals surface area contributed by atoms with E-state index < -0.39 is 0 Å². The summed E-state index contributed by atoms with van der Waals surface area (Å²) < 4.78 is 11.6. The fourth-order valence-electron chi connectivity index (χ4n) is 2.00. The lowest BCUT2D eigenvalue weighted by molar-refractivity contribution is 0.0789. The Labute approximate surface area is 129 Å². The molecule has 4 nitrogen and oxygen atoms in total. The molecule has 1 aliphatic heterocycles. The van der Waals surface area contributed by atoms with Crippen LogP contribution in [0.5, 0.6) is 11.5 Å². The summed E-state index contributed by atoms with van der Waals surface area (Å²) >= 11 is 4.80. The van der Waals surface area contributed by atoms with Crippen LogP contribution in [0.15, 0.2) is 34.1 Å². The maximum absolute atomic E-state index is 12.3. The van der Waals surface area contributed by atoms with Gasteiger partial charge in [0.25, 0.3) is 5.91 Å². The molecule has 1 aromatic carbocycles. The summed E-state index contributed by atoms with van der Waals surface area (Å²) in [6, 6.07) is 9.44. The highest BCUT2D eigenvalue weighted by Crippen LogP contribution is 2.33. The standard InChI is InChI=1S/C14H12BrNO3S/c1-16(14(17)12-4-5-13(15)20-12)7-9-2-3-10-11(6-9)19-8-18-10/h2-6H,7-8H2,1H3. The molecule has 20 heavy (non-hydrogen) atoms. The number of rotatable bonds is 3. The molecule has 1 amide bonds. The molecule has 1 aromatic heterocycles. The lowest BCUT2D eigenvalue weighted by Gasteiger charge is -2.16. The number of hydrogen-bond acceptors (Lipinski definition) is 4. The number of fused-ring (bicyclic) bond motifs is 1. The third kappa shape index (κ3) is 2.66. The number of carbonyl (C=O) groups is 1. The van der Waals surface area contributed by atoms with Crippen molar-refractivity contribution in [1.29, 1.82) is 0 Å². The summed E-state index contributed by atoms with van der Waals surface area (Å²) in [5, 5.41) is 0. The van der Waals surface area contributed by atoms with Crippen LogP contribution in [0.2, 0.25) is 0 Å². The SMILES string of the molecule is CN(Cc1ccc2c(c1)OCO2)C(=O)c1ccc(Br)s1. The Morgan fingerprint density at radius 1 is 1.30 bits per heavy atom. The number of hydrogen-bond donors (Lipinski definition) is 0. The minimum absolute atomic E-state index is 0.0124.